The molecule has 1 N–H and O–H groups in total. The summed E-state index contributed by atoms with van der Waals surface area (Å²) in [6, 6.07) is 9.16. The number of carbonyl (C=O) groups excluding carboxylic acids is 1. The Hall–Kier alpha value is -2.47. The van der Waals surface area contributed by atoms with Crippen LogP contribution in [0.5, 0.6) is 5.75 Å². The lowest BCUT2D eigenvalue weighted by molar-refractivity contribution is 0.102. The van der Waals surface area contributed by atoms with Crippen LogP contribution in [0.1, 0.15) is 16.1 Å². The summed E-state index contributed by atoms with van der Waals surface area (Å²) in [4.78, 5) is 20.6. The van der Waals surface area contributed by atoms with Crippen molar-refractivity contribution in [3.63, 3.8) is 0 Å². The molecule has 1 amide bonds. The Morgan fingerprint density at radius 2 is 2.14 bits per heavy atom. The largest absolute Gasteiger partial charge is 0.497 e. The number of nitrogens with one attached hydrogen (secondary N) is 1. The third-order valence-corrected chi connectivity index (χ3v) is 3.92. The van der Waals surface area contributed by atoms with Gasteiger partial charge in [-0.25, -0.2) is 4.98 Å². The summed E-state index contributed by atoms with van der Waals surface area (Å²) in [5, 5.41) is 3.35. The van der Waals surface area contributed by atoms with E-state index in [1.807, 2.05) is 25.1 Å². The quantitative estimate of drug-likeness (QED) is 0.806. The highest BCUT2D eigenvalue weighted by molar-refractivity contribution is 7.22. The van der Waals surface area contributed by atoms with Crippen LogP contribution in [-0.4, -0.2) is 23.0 Å². The highest BCUT2D eigenvalue weighted by atomic mass is 32.1. The van der Waals surface area contributed by atoms with Crippen LogP contribution in [0.15, 0.2) is 36.5 Å². The molecule has 0 unspecified atom stereocenters. The van der Waals surface area contributed by atoms with Crippen molar-refractivity contribution in [2.24, 2.45) is 0 Å². The van der Waals surface area contributed by atoms with Gasteiger partial charge in [0, 0.05) is 11.9 Å². The number of hydrogen-bond donors (Lipinski definition) is 1. The summed E-state index contributed by atoms with van der Waals surface area (Å²) in [5.41, 5.74) is 2.22. The molecule has 0 spiro atoms. The molecule has 3 rings (SSSR count). The third kappa shape index (κ3) is 2.85. The van der Waals surface area contributed by atoms with Gasteiger partial charge >= 0.3 is 0 Å². The van der Waals surface area contributed by atoms with Crippen molar-refractivity contribution in [1.29, 1.82) is 0 Å². The molecule has 0 atom stereocenters. The van der Waals surface area contributed by atoms with Crippen molar-refractivity contribution in [3.8, 4) is 5.75 Å². The first-order valence-electron chi connectivity index (χ1n) is 6.34. The molecule has 0 aliphatic heterocycles. The van der Waals surface area contributed by atoms with Gasteiger partial charge in [0.25, 0.3) is 5.91 Å². The zero-order valence-electron chi connectivity index (χ0n) is 11.6. The number of carbonyl (C=O) groups is 1. The number of nitrogens with zero attached hydrogens (tertiary/aromatic N) is 2. The molecule has 2 aromatic heterocycles. The first kappa shape index (κ1) is 13.5. The van der Waals surface area contributed by atoms with E-state index in [9.17, 15) is 4.79 Å². The fourth-order valence-corrected chi connectivity index (χ4v) is 2.75. The van der Waals surface area contributed by atoms with Crippen molar-refractivity contribution in [1.82, 2.24) is 9.97 Å². The number of ether oxygens (including phenoxy) is 1. The summed E-state index contributed by atoms with van der Waals surface area (Å²) < 4.78 is 6.14. The van der Waals surface area contributed by atoms with Gasteiger partial charge in [0.15, 0.2) is 5.13 Å². The standard InChI is InChI=1S/C15H13N3O2S/c1-9-3-4-10(8-16-9)14(19)18-15-17-12-6-5-11(20-2)7-13(12)21-15/h3-8H,1-2H3,(H,17,18,19). The number of thiazole rings is 1. The number of aryl methyl sites for hydroxylation is 1. The van der Waals surface area contributed by atoms with Gasteiger partial charge in [0.2, 0.25) is 0 Å². The number of methoxy groups -OCH3 is 1. The first-order chi connectivity index (χ1) is 10.2. The highest BCUT2D eigenvalue weighted by Crippen LogP contribution is 2.29. The van der Waals surface area contributed by atoms with E-state index >= 15 is 0 Å². The molecule has 0 saturated carbocycles. The van der Waals surface area contributed by atoms with Crippen molar-refractivity contribution in [3.05, 3.63) is 47.8 Å². The fraction of sp³-hybridized carbons (Fsp3) is 0.133. The van der Waals surface area contributed by atoms with Crippen molar-refractivity contribution in [2.45, 2.75) is 6.92 Å². The first-order valence-corrected chi connectivity index (χ1v) is 7.16. The second-order valence-electron chi connectivity index (χ2n) is 4.50. The molecule has 1 aromatic carbocycles. The molecule has 106 valence electrons. The molecular formula is C15H13N3O2S. The number of rotatable bonds is 3. The third-order valence-electron chi connectivity index (χ3n) is 2.99. The molecule has 0 fully saturated rings. The lowest BCUT2D eigenvalue weighted by Gasteiger charge is -2.00. The smallest absolute Gasteiger partial charge is 0.259 e. The maximum absolute atomic E-state index is 12.1. The second kappa shape index (κ2) is 5.49. The number of benzene rings is 1. The van der Waals surface area contributed by atoms with E-state index < -0.39 is 0 Å². The minimum Gasteiger partial charge on any atom is -0.497 e. The lowest BCUT2D eigenvalue weighted by atomic mass is 10.2. The summed E-state index contributed by atoms with van der Waals surface area (Å²) in [6.45, 7) is 1.88. The van der Waals surface area contributed by atoms with Crippen molar-refractivity contribution in [2.75, 3.05) is 12.4 Å². The number of aromatic nitrogens is 2. The van der Waals surface area contributed by atoms with Crippen LogP contribution in [0.3, 0.4) is 0 Å². The Labute approximate surface area is 125 Å². The van der Waals surface area contributed by atoms with Gasteiger partial charge in [-0.1, -0.05) is 11.3 Å². The minimum absolute atomic E-state index is 0.214. The van der Waals surface area contributed by atoms with E-state index in [0.717, 1.165) is 21.7 Å². The van der Waals surface area contributed by atoms with Crippen molar-refractivity contribution < 1.29 is 9.53 Å². The number of anilines is 1. The van der Waals surface area contributed by atoms with Crippen LogP contribution in [-0.2, 0) is 0 Å². The minimum atomic E-state index is -0.214. The maximum atomic E-state index is 12.1. The molecule has 2 heterocycles. The molecule has 0 aliphatic rings. The van der Waals surface area contributed by atoms with Gasteiger partial charge in [-0.2, -0.15) is 0 Å². The molecule has 5 nitrogen and oxygen atoms in total. The van der Waals surface area contributed by atoms with E-state index in [4.69, 9.17) is 4.74 Å². The number of pyridine rings is 1. The lowest BCUT2D eigenvalue weighted by Crippen LogP contribution is -2.11. The fourth-order valence-electron chi connectivity index (χ4n) is 1.86. The summed E-state index contributed by atoms with van der Waals surface area (Å²) in [6.07, 6.45) is 1.56. The maximum Gasteiger partial charge on any atom is 0.259 e. The van der Waals surface area contributed by atoms with Crippen LogP contribution in [0, 0.1) is 6.92 Å². The number of amides is 1. The van der Waals surface area contributed by atoms with Gasteiger partial charge in [-0.15, -0.1) is 0 Å². The zero-order chi connectivity index (χ0) is 14.8. The number of fused-ring (bicyclic) bond motifs is 1. The molecular weight excluding hydrogens is 286 g/mol. The van der Waals surface area contributed by atoms with Crippen LogP contribution < -0.4 is 10.1 Å². The Morgan fingerprint density at radius 3 is 2.86 bits per heavy atom. The zero-order valence-corrected chi connectivity index (χ0v) is 12.4. The van der Waals surface area contributed by atoms with Crippen LogP contribution in [0.25, 0.3) is 10.2 Å². The average molecular weight is 299 g/mol. The highest BCUT2D eigenvalue weighted by Gasteiger charge is 2.10. The van der Waals surface area contributed by atoms with E-state index in [1.54, 1.807) is 25.4 Å². The van der Waals surface area contributed by atoms with Gasteiger partial charge in [-0.05, 0) is 37.3 Å². The van der Waals surface area contributed by atoms with Gasteiger partial charge in [0.05, 0.1) is 22.9 Å². The summed E-state index contributed by atoms with van der Waals surface area (Å²) >= 11 is 1.41. The van der Waals surface area contributed by atoms with E-state index in [-0.39, 0.29) is 5.91 Å². The summed E-state index contributed by atoms with van der Waals surface area (Å²) in [5.74, 6) is 0.556. The predicted octanol–water partition coefficient (Wildman–Crippen LogP) is 3.26. The Balaban J connectivity index is 1.84. The Bertz CT molecular complexity index is 796. The predicted molar refractivity (Wildman–Crippen MR) is 83.1 cm³/mol. The Kier molecular flexibility index (Phi) is 3.53. The molecule has 0 aliphatic carbocycles. The van der Waals surface area contributed by atoms with Crippen LogP contribution >= 0.6 is 11.3 Å². The van der Waals surface area contributed by atoms with Gasteiger partial charge in [0.1, 0.15) is 5.75 Å². The van der Waals surface area contributed by atoms with E-state index in [1.165, 1.54) is 11.3 Å². The van der Waals surface area contributed by atoms with Crippen LogP contribution in [0.2, 0.25) is 0 Å². The molecule has 0 saturated heterocycles. The van der Waals surface area contributed by atoms with E-state index in [2.05, 4.69) is 15.3 Å². The van der Waals surface area contributed by atoms with Gasteiger partial charge in [-0.3, -0.25) is 15.1 Å². The molecule has 0 radical (unpaired) electrons. The monoisotopic (exact) mass is 299 g/mol. The van der Waals surface area contributed by atoms with Crippen LogP contribution in [0.4, 0.5) is 5.13 Å². The molecule has 6 heteroatoms. The molecule has 21 heavy (non-hydrogen) atoms. The number of hydrogen-bond acceptors (Lipinski definition) is 5. The van der Waals surface area contributed by atoms with Gasteiger partial charge < -0.3 is 4.74 Å². The molecule has 0 bridgehead atoms. The molecule has 3 aromatic rings. The second-order valence-corrected chi connectivity index (χ2v) is 5.53. The SMILES string of the molecule is COc1ccc2nc(NC(=O)c3ccc(C)nc3)sc2c1. The normalized spacial score (nSPS) is 10.6. The summed E-state index contributed by atoms with van der Waals surface area (Å²) in [7, 11) is 1.62. The Morgan fingerprint density at radius 1 is 1.29 bits per heavy atom. The average Bonchev–Trinajstić information content (AvgIpc) is 2.88. The van der Waals surface area contributed by atoms with E-state index in [0.29, 0.717) is 10.7 Å². The van der Waals surface area contributed by atoms with Crippen molar-refractivity contribution >= 4 is 32.6 Å². The topological polar surface area (TPSA) is 64.1 Å².